The number of benzene rings is 3. The molecule has 0 heterocycles. The summed E-state index contributed by atoms with van der Waals surface area (Å²) in [6.45, 7) is 4.89. The number of anilines is 1. The second-order valence-corrected chi connectivity index (χ2v) is 11.6. The number of para-hydroxylation sites is 1. The molecule has 1 N–H and O–H groups in total. The van der Waals surface area contributed by atoms with Gasteiger partial charge in [0.1, 0.15) is 12.6 Å². The van der Waals surface area contributed by atoms with E-state index in [1.165, 1.54) is 17.0 Å². The smallest absolute Gasteiger partial charge is 0.264 e. The monoisotopic (exact) mass is 575 g/mol. The van der Waals surface area contributed by atoms with Crippen LogP contribution in [-0.2, 0) is 26.2 Å². The molecular weight excluding hydrogens is 545 g/mol. The van der Waals surface area contributed by atoms with E-state index in [-0.39, 0.29) is 23.4 Å². The number of sulfonamides is 1. The number of nitrogens with one attached hydrogen (secondary N) is 1. The second-order valence-electron chi connectivity index (χ2n) is 8.91. The van der Waals surface area contributed by atoms with Gasteiger partial charge in [0.25, 0.3) is 10.0 Å². The van der Waals surface area contributed by atoms with Crippen LogP contribution in [0.4, 0.5) is 5.69 Å². The normalized spacial score (nSPS) is 12.9. The van der Waals surface area contributed by atoms with Crippen molar-refractivity contribution in [3.05, 3.63) is 94.5 Å². The van der Waals surface area contributed by atoms with E-state index in [2.05, 4.69) is 5.32 Å². The summed E-state index contributed by atoms with van der Waals surface area (Å²) in [5, 5.41) is 3.67. The average Bonchev–Trinajstić information content (AvgIpc) is 2.91. The first-order chi connectivity index (χ1) is 18.0. The van der Waals surface area contributed by atoms with E-state index < -0.39 is 28.5 Å². The quantitative estimate of drug-likeness (QED) is 0.326. The molecule has 0 aliphatic carbocycles. The first-order valence-corrected chi connectivity index (χ1v) is 14.4. The molecule has 3 rings (SSSR count). The molecule has 38 heavy (non-hydrogen) atoms. The van der Waals surface area contributed by atoms with Gasteiger partial charge in [-0.25, -0.2) is 8.42 Å². The lowest BCUT2D eigenvalue weighted by atomic mass is 10.1. The van der Waals surface area contributed by atoms with Gasteiger partial charge in [0.15, 0.2) is 0 Å². The first kappa shape index (κ1) is 29.5. The molecule has 202 valence electrons. The van der Waals surface area contributed by atoms with E-state index in [1.54, 1.807) is 73.7 Å². The zero-order valence-electron chi connectivity index (χ0n) is 21.5. The predicted octanol–water partition coefficient (Wildman–Crippen LogP) is 5.52. The van der Waals surface area contributed by atoms with Crippen molar-refractivity contribution in [3.63, 3.8) is 0 Å². The highest BCUT2D eigenvalue weighted by Crippen LogP contribution is 2.26. The number of carbonyl (C=O) groups is 2. The number of carbonyl (C=O) groups excluding carboxylic acids is 2. The van der Waals surface area contributed by atoms with Crippen molar-refractivity contribution in [3.8, 4) is 0 Å². The maximum Gasteiger partial charge on any atom is 0.264 e. The lowest BCUT2D eigenvalue weighted by Crippen LogP contribution is -2.52. The van der Waals surface area contributed by atoms with Gasteiger partial charge in [0.05, 0.1) is 10.6 Å². The van der Waals surface area contributed by atoms with Gasteiger partial charge >= 0.3 is 0 Å². The van der Waals surface area contributed by atoms with E-state index in [1.807, 2.05) is 13.8 Å². The van der Waals surface area contributed by atoms with E-state index in [4.69, 9.17) is 23.2 Å². The molecular formula is C28H31Cl2N3O4S. The summed E-state index contributed by atoms with van der Waals surface area (Å²) in [5.41, 5.74) is 0.899. The Morgan fingerprint density at radius 2 is 1.53 bits per heavy atom. The van der Waals surface area contributed by atoms with Crippen LogP contribution in [0.15, 0.2) is 83.8 Å². The molecule has 0 aliphatic heterocycles. The molecule has 0 fully saturated rings. The lowest BCUT2D eigenvalue weighted by Gasteiger charge is -2.32. The van der Waals surface area contributed by atoms with E-state index in [9.17, 15) is 18.0 Å². The van der Waals surface area contributed by atoms with Gasteiger partial charge < -0.3 is 10.2 Å². The van der Waals surface area contributed by atoms with E-state index in [0.717, 1.165) is 4.31 Å². The largest absolute Gasteiger partial charge is 0.352 e. The molecule has 0 saturated carbocycles. The molecule has 0 radical (unpaired) electrons. The van der Waals surface area contributed by atoms with Crippen LogP contribution in [-0.4, -0.2) is 43.8 Å². The van der Waals surface area contributed by atoms with Gasteiger partial charge in [0, 0.05) is 22.6 Å². The molecule has 0 spiro atoms. The molecule has 0 aliphatic rings. The second kappa shape index (κ2) is 13.1. The molecule has 7 nitrogen and oxygen atoms in total. The Hall–Kier alpha value is -3.07. The minimum Gasteiger partial charge on any atom is -0.352 e. The van der Waals surface area contributed by atoms with E-state index in [0.29, 0.717) is 27.7 Å². The fourth-order valence-electron chi connectivity index (χ4n) is 3.72. The average molecular weight is 577 g/mol. The molecule has 2 amide bonds. The molecule has 3 aromatic rings. The summed E-state index contributed by atoms with van der Waals surface area (Å²) in [4.78, 5) is 28.3. The molecule has 0 saturated heterocycles. The van der Waals surface area contributed by atoms with Crippen molar-refractivity contribution in [2.24, 2.45) is 0 Å². The summed E-state index contributed by atoms with van der Waals surface area (Å²) in [6, 6.07) is 20.2. The summed E-state index contributed by atoms with van der Waals surface area (Å²) in [7, 11) is -4.10. The fourth-order valence-corrected chi connectivity index (χ4v) is 5.63. The van der Waals surface area contributed by atoms with Crippen LogP contribution >= 0.6 is 23.2 Å². The summed E-state index contributed by atoms with van der Waals surface area (Å²) < 4.78 is 28.4. The van der Waals surface area contributed by atoms with Crippen molar-refractivity contribution in [1.82, 2.24) is 10.2 Å². The highest BCUT2D eigenvalue weighted by atomic mass is 35.5. The van der Waals surface area contributed by atoms with E-state index >= 15 is 0 Å². The van der Waals surface area contributed by atoms with Gasteiger partial charge in [-0.3, -0.25) is 13.9 Å². The van der Waals surface area contributed by atoms with Crippen LogP contribution in [0.1, 0.15) is 32.8 Å². The maximum atomic E-state index is 13.9. The number of hydrogen-bond acceptors (Lipinski definition) is 4. The number of rotatable bonds is 11. The van der Waals surface area contributed by atoms with Crippen molar-refractivity contribution < 1.29 is 18.0 Å². The minimum atomic E-state index is -4.10. The molecule has 0 aromatic heterocycles. The highest BCUT2D eigenvalue weighted by molar-refractivity contribution is 7.92. The predicted molar refractivity (Wildman–Crippen MR) is 152 cm³/mol. The first-order valence-electron chi connectivity index (χ1n) is 12.2. The number of amides is 2. The zero-order valence-corrected chi connectivity index (χ0v) is 23.8. The maximum absolute atomic E-state index is 13.9. The van der Waals surface area contributed by atoms with Crippen LogP contribution < -0.4 is 9.62 Å². The standard InChI is InChI=1S/C28H31Cl2N3O4S/c1-4-20(2)31-28(35)21(3)32(18-22-15-16-23(29)17-26(22)30)27(34)19-33(24-11-7-5-8-12-24)38(36,37)25-13-9-6-10-14-25/h5-17,20-21H,4,18-19H2,1-3H3,(H,31,35)/t20-,21-/m1/s1. The topological polar surface area (TPSA) is 86.8 Å². The Morgan fingerprint density at radius 3 is 2.11 bits per heavy atom. The summed E-state index contributed by atoms with van der Waals surface area (Å²) in [5.74, 6) is -0.916. The van der Waals surface area contributed by atoms with Gasteiger partial charge in [-0.1, -0.05) is 72.6 Å². The highest BCUT2D eigenvalue weighted by Gasteiger charge is 2.33. The third-order valence-electron chi connectivity index (χ3n) is 6.18. The van der Waals surface area contributed by atoms with Crippen LogP contribution in [0, 0.1) is 0 Å². The SMILES string of the molecule is CC[C@@H](C)NC(=O)[C@@H](C)N(Cc1ccc(Cl)cc1Cl)C(=O)CN(c1ccccc1)S(=O)(=O)c1ccccc1. The Morgan fingerprint density at radius 1 is 0.921 bits per heavy atom. The van der Waals surface area contributed by atoms with Crippen LogP contribution in [0.25, 0.3) is 0 Å². The van der Waals surface area contributed by atoms with Crippen LogP contribution in [0.2, 0.25) is 10.0 Å². The van der Waals surface area contributed by atoms with Crippen molar-refractivity contribution in [2.75, 3.05) is 10.8 Å². The Kier molecular flexibility index (Phi) is 10.2. The van der Waals surface area contributed by atoms with Gasteiger partial charge in [-0.2, -0.15) is 0 Å². The molecule has 10 heteroatoms. The third-order valence-corrected chi connectivity index (χ3v) is 8.55. The molecule has 0 bridgehead atoms. The number of nitrogens with zero attached hydrogens (tertiary/aromatic N) is 2. The Bertz CT molecular complexity index is 1360. The fraction of sp³-hybridized carbons (Fsp3) is 0.286. The van der Waals surface area contributed by atoms with Gasteiger partial charge in [0.2, 0.25) is 11.8 Å². The van der Waals surface area contributed by atoms with Crippen LogP contribution in [0.5, 0.6) is 0 Å². The number of halogens is 2. The Labute approximate surface area is 234 Å². The van der Waals surface area contributed by atoms with Crippen molar-refractivity contribution in [1.29, 1.82) is 0 Å². The number of hydrogen-bond donors (Lipinski definition) is 1. The molecule has 3 aromatic carbocycles. The molecule has 0 unspecified atom stereocenters. The van der Waals surface area contributed by atoms with Crippen molar-refractivity contribution in [2.45, 2.75) is 50.7 Å². The van der Waals surface area contributed by atoms with Crippen LogP contribution in [0.3, 0.4) is 0 Å². The van der Waals surface area contributed by atoms with Gasteiger partial charge in [-0.05, 0) is 62.2 Å². The summed E-state index contributed by atoms with van der Waals surface area (Å²) in [6.07, 6.45) is 0.715. The third kappa shape index (κ3) is 7.28. The summed E-state index contributed by atoms with van der Waals surface area (Å²) >= 11 is 12.4. The zero-order chi connectivity index (χ0) is 27.9. The van der Waals surface area contributed by atoms with Gasteiger partial charge in [-0.15, -0.1) is 0 Å². The Balaban J connectivity index is 2.01. The van der Waals surface area contributed by atoms with Crippen molar-refractivity contribution >= 4 is 50.7 Å². The molecule has 2 atom stereocenters. The lowest BCUT2D eigenvalue weighted by molar-refractivity contribution is -0.139. The minimum absolute atomic E-state index is 0.0159.